The van der Waals surface area contributed by atoms with Crippen LogP contribution in [0.4, 0.5) is 29.4 Å². The SMILES string of the molecule is NC(=O)c1ccc[n+](C2OC(COP(=O)(O)OP(=O)(O)OCC3OC(n4cnc5c(N)nc(N)nc54)C(O)C3N)C(O)C2O)c1.NC(=O)c1ccc[n+](C2OC(COP(=O)(O)OP(=O)(O)OCC3OC(n4cnc5c(N)nc(N)nc54)CC3N)C(O)C2O)c1.NC(=O)c1ccc[n+](C2OC(COP(=O)(O)OP(=O)(O)OCC3OC(n4cnc5c(N)ncnc54)CC3N)C(O)C2O)c1. The first kappa shape index (κ1) is 100. The molecule has 63 nitrogen and oxygen atoms in total. The number of aliphatic hydroxyl groups excluding tert-OH is 7. The first-order chi connectivity index (χ1) is 61.9. The lowest BCUT2D eigenvalue weighted by Crippen LogP contribution is -2.46. The van der Waals surface area contributed by atoms with Crippen molar-refractivity contribution >= 4 is 127 Å². The zero-order valence-electron chi connectivity index (χ0n) is 67.5. The minimum absolute atomic E-state index is 0.0270. The van der Waals surface area contributed by atoms with Gasteiger partial charge in [0, 0.05) is 43.1 Å². The van der Waals surface area contributed by atoms with Crippen LogP contribution in [-0.2, 0) is 95.9 Å². The number of primary amides is 3. The van der Waals surface area contributed by atoms with Gasteiger partial charge in [-0.3, -0.25) is 55.2 Å². The third-order valence-corrected chi connectivity index (χ3v) is 28.3. The maximum Gasteiger partial charge on any atom is 0.481 e. The summed E-state index contributed by atoms with van der Waals surface area (Å²) >= 11 is 0. The highest BCUT2D eigenvalue weighted by molar-refractivity contribution is 7.62. The van der Waals surface area contributed by atoms with Gasteiger partial charge < -0.3 is 157 Å². The maximum atomic E-state index is 12.5. The van der Waals surface area contributed by atoms with Crippen molar-refractivity contribution in [2.24, 2.45) is 34.4 Å². The zero-order valence-corrected chi connectivity index (χ0v) is 72.8. The number of hydrogen-bond donors (Lipinski definition) is 24. The Kier molecular flexibility index (Phi) is 30.6. The van der Waals surface area contributed by atoms with E-state index in [4.69, 9.17) is 119 Å². The zero-order chi connectivity index (χ0) is 95.9. The number of carbonyl (C=O) groups excluding carboxylic acids is 3. The van der Waals surface area contributed by atoms with E-state index in [1.165, 1.54) is 122 Å². The summed E-state index contributed by atoms with van der Waals surface area (Å²) in [5, 5.41) is 72.9. The van der Waals surface area contributed by atoms with E-state index in [-0.39, 0.29) is 81.2 Å². The van der Waals surface area contributed by atoms with Crippen molar-refractivity contribution in [3.8, 4) is 0 Å². The number of nitrogens with zero attached hydrogens (tertiary/aromatic N) is 15. The summed E-state index contributed by atoms with van der Waals surface area (Å²) in [4.78, 5) is 131. The number of phosphoric ester groups is 6. The number of aliphatic hydroxyl groups is 7. The highest BCUT2D eigenvalue weighted by atomic mass is 31.3. The standard InChI is InChI=1S/C21H29N9O13P2.C21H29N9O12P2.C21H28N8O12P2/c22-11-9(41-20(14(11)32)30-7-26-12-16(23)27-21(25)28-18(12)30)5-39-44(35,36)43-45(37,38)40-6-10-13(31)15(33)19(42-10)29-3-1-2-8(4-29)17(24)34;22-10-4-13(30-8-26-14-17(23)27-21(25)28-19(14)30)40-11(10)6-38-43(34,35)42-44(36,37)39-7-12-15(31)16(32)20(41-12)29-3-1-2-9(5-29)18(24)33;22-11-4-14(29-9-27-15-18(23)25-8-26-20(15)29)39-12(11)6-37-42(33,34)41-43(35,36)38-7-13-16(30)17(31)21(40-13)28-3-1-2-10(5-28)19(24)32/h1-4,7,9-11,13-15,19-20,31-33H,5-6,22H2,(H7-,23,24,25,27,28,34,35,36,37,38);1-3,5,8,10-13,15-16,20,31-32H,4,6-7,22H2,(H7-,23,24,25,27,28,33,34,35,36,37);1-3,5,8-9,11-14,16-17,21,30-31H,4,6-7,22H2,(H5-,23,24,25,26,32,33,34,35,36)/p+3. The van der Waals surface area contributed by atoms with E-state index in [0.29, 0.717) is 11.2 Å². The minimum atomic E-state index is -5.35. The summed E-state index contributed by atoms with van der Waals surface area (Å²) in [6, 6.07) is 6.00. The summed E-state index contributed by atoms with van der Waals surface area (Å²) in [5.41, 5.74) is 64.5. The molecule has 28 unspecified atom stereocenters. The molecule has 6 fully saturated rings. The summed E-state index contributed by atoms with van der Waals surface area (Å²) < 4.78 is 158. The Hall–Kier alpha value is -9.35. The monoisotopic (exact) mass is 1990 g/mol. The van der Waals surface area contributed by atoms with Crippen molar-refractivity contribution in [1.82, 2.24) is 58.6 Å². The Balaban J connectivity index is 0.000000168. The van der Waals surface area contributed by atoms with Gasteiger partial charge in [0.2, 0.25) is 11.9 Å². The molecule has 0 radical (unpaired) electrons. The topological polar surface area (TPSA) is 984 Å². The molecule has 9 aromatic rings. The van der Waals surface area contributed by atoms with Crippen LogP contribution in [0, 0.1) is 0 Å². The van der Waals surface area contributed by atoms with Crippen molar-refractivity contribution in [2.75, 3.05) is 68.3 Å². The Morgan fingerprint density at radius 1 is 0.386 bits per heavy atom. The van der Waals surface area contributed by atoms with Gasteiger partial charge in [-0.2, -0.15) is 46.6 Å². The average Bonchev–Trinajstić information content (AvgIpc) is 1.62. The summed E-state index contributed by atoms with van der Waals surface area (Å²) in [5.74, 6) is -2.33. The van der Waals surface area contributed by atoms with Gasteiger partial charge in [0.15, 0.2) is 96.1 Å². The first-order valence-electron chi connectivity index (χ1n) is 38.2. The number of pyridine rings is 3. The van der Waals surface area contributed by atoms with Gasteiger partial charge in [-0.25, -0.2) is 52.3 Å². The van der Waals surface area contributed by atoms with Crippen molar-refractivity contribution in [2.45, 2.75) is 148 Å². The molecular weight excluding hydrogens is 1900 g/mol. The summed E-state index contributed by atoms with van der Waals surface area (Å²) in [6.07, 6.45) is -10.8. The van der Waals surface area contributed by atoms with Gasteiger partial charge >= 0.3 is 46.9 Å². The molecule has 720 valence electrons. The van der Waals surface area contributed by atoms with Crippen LogP contribution in [-0.4, -0.2) is 279 Å². The molecule has 69 heteroatoms. The molecule has 15 rings (SSSR count). The second-order valence-corrected chi connectivity index (χ2v) is 38.7. The number of amides is 3. The summed E-state index contributed by atoms with van der Waals surface area (Å²) in [6.45, 7) is -4.61. The highest BCUT2D eigenvalue weighted by Crippen LogP contribution is 2.63. The number of anilines is 5. The predicted octanol–water partition coefficient (Wildman–Crippen LogP) is -7.93. The molecule has 0 aliphatic carbocycles. The lowest BCUT2D eigenvalue weighted by atomic mass is 10.1. The number of aromatic nitrogens is 15. The van der Waals surface area contributed by atoms with Gasteiger partial charge in [-0.05, 0) is 18.2 Å². The number of nitrogens with two attached hydrogens (primary N) is 11. The lowest BCUT2D eigenvalue weighted by Gasteiger charge is -2.20. The molecule has 28 atom stereocenters. The van der Waals surface area contributed by atoms with Crippen LogP contribution in [0.2, 0.25) is 0 Å². The molecule has 6 aliphatic rings. The van der Waals surface area contributed by atoms with Gasteiger partial charge in [0.25, 0.3) is 36.4 Å². The number of hydrogen-bond acceptors (Lipinski definition) is 48. The molecule has 0 saturated carbocycles. The first-order valence-corrected chi connectivity index (χ1v) is 47.2. The van der Waals surface area contributed by atoms with E-state index in [9.17, 15) is 107 Å². The van der Waals surface area contributed by atoms with Crippen molar-refractivity contribution in [1.29, 1.82) is 0 Å². The van der Waals surface area contributed by atoms with Crippen LogP contribution in [0.5, 0.6) is 0 Å². The Bertz CT molecular complexity index is 6050. The number of rotatable bonds is 33. The molecule has 132 heavy (non-hydrogen) atoms. The van der Waals surface area contributed by atoms with Crippen molar-refractivity contribution in [3.05, 3.63) is 116 Å². The number of fused-ring (bicyclic) bond motifs is 3. The second-order valence-electron chi connectivity index (χ2n) is 29.5. The fourth-order valence-electron chi connectivity index (χ4n) is 14.0. The van der Waals surface area contributed by atoms with Crippen molar-refractivity contribution < 1.29 is 189 Å². The fraction of sp³-hybridized carbons (Fsp3) is 0.476. The fourth-order valence-corrected chi connectivity index (χ4v) is 20.2. The number of phosphoric acid groups is 6. The molecule has 0 spiro atoms. The van der Waals surface area contributed by atoms with Crippen LogP contribution >= 0.6 is 46.9 Å². The molecule has 0 aromatic carbocycles. The van der Waals surface area contributed by atoms with E-state index in [1.54, 1.807) is 4.57 Å². The highest BCUT2D eigenvalue weighted by Gasteiger charge is 2.55. The van der Waals surface area contributed by atoms with Gasteiger partial charge in [0.1, 0.15) is 101 Å². The molecule has 35 N–H and O–H groups in total. The Labute approximate surface area is 738 Å². The molecule has 3 amide bonds. The van der Waals surface area contributed by atoms with Crippen LogP contribution in [0.1, 0.15) is 81.3 Å². The maximum absolute atomic E-state index is 12.5. The number of imidazole rings is 3. The van der Waals surface area contributed by atoms with Crippen molar-refractivity contribution in [3.63, 3.8) is 0 Å². The number of nitrogen functional groups attached to an aromatic ring is 5. The molecule has 9 aromatic heterocycles. The quantitative estimate of drug-likeness (QED) is 0.0134. The third kappa shape index (κ3) is 23.4. The number of carbonyl (C=O) groups is 3. The second kappa shape index (κ2) is 40.3. The Morgan fingerprint density at radius 2 is 0.697 bits per heavy atom. The minimum Gasteiger partial charge on any atom is -0.387 e. The third-order valence-electron chi connectivity index (χ3n) is 20.5. The van der Waals surface area contributed by atoms with E-state index in [1.807, 2.05) is 0 Å². The molecule has 6 aliphatic heterocycles. The number of ether oxygens (including phenoxy) is 6. The van der Waals surface area contributed by atoms with E-state index >= 15 is 0 Å². The van der Waals surface area contributed by atoms with Crippen LogP contribution < -0.4 is 76.8 Å². The van der Waals surface area contributed by atoms with Crippen LogP contribution in [0.25, 0.3) is 33.5 Å². The van der Waals surface area contributed by atoms with Gasteiger partial charge in [-0.1, -0.05) is 0 Å². The molecule has 0 bridgehead atoms. The molecular formula is C63H89N26O37P6+3. The predicted molar refractivity (Wildman–Crippen MR) is 430 cm³/mol. The molecule has 6 saturated heterocycles. The van der Waals surface area contributed by atoms with E-state index in [0.717, 1.165) is 0 Å². The molecule has 15 heterocycles. The average molecular weight is 1990 g/mol. The van der Waals surface area contributed by atoms with Crippen LogP contribution in [0.15, 0.2) is 98.9 Å². The largest absolute Gasteiger partial charge is 0.481 e. The summed E-state index contributed by atoms with van der Waals surface area (Å²) in [7, 11) is -31.7. The lowest BCUT2D eigenvalue weighted by molar-refractivity contribution is -0.766. The van der Waals surface area contributed by atoms with Gasteiger partial charge in [-0.15, -0.1) is 0 Å². The van der Waals surface area contributed by atoms with E-state index in [2.05, 4.69) is 57.8 Å². The normalized spacial score (nSPS) is 30.5. The Morgan fingerprint density at radius 3 is 1.05 bits per heavy atom. The van der Waals surface area contributed by atoms with Crippen LogP contribution in [0.3, 0.4) is 0 Å². The van der Waals surface area contributed by atoms with Gasteiger partial charge in [0.05, 0.1) is 76.9 Å². The smallest absolute Gasteiger partial charge is 0.387 e. The van der Waals surface area contributed by atoms with E-state index < -0.39 is 239 Å².